The third-order valence-corrected chi connectivity index (χ3v) is 7.39. The second-order valence-corrected chi connectivity index (χ2v) is 11.1. The Balaban J connectivity index is 0.00000442. The molecule has 0 spiro atoms. The number of nitro benzene ring substituents is 1. The number of carbonyl (C=O) groups excluding carboxylic acids is 1. The van der Waals surface area contributed by atoms with Gasteiger partial charge in [0, 0.05) is 67.8 Å². The van der Waals surface area contributed by atoms with Crippen LogP contribution in [0.3, 0.4) is 0 Å². The molecule has 4 atom stereocenters. The Morgan fingerprint density at radius 3 is 1.98 bits per heavy atom. The summed E-state index contributed by atoms with van der Waals surface area (Å²) in [5, 5.41) is 27.3. The lowest BCUT2D eigenvalue weighted by molar-refractivity contribution is -0.385. The normalized spacial score (nSPS) is 21.8. The van der Waals surface area contributed by atoms with Crippen molar-refractivity contribution in [2.45, 2.75) is 43.9 Å². The van der Waals surface area contributed by atoms with E-state index in [1.54, 1.807) is 25.1 Å². The Morgan fingerprint density at radius 1 is 0.932 bits per heavy atom. The van der Waals surface area contributed by atoms with Crippen molar-refractivity contribution in [1.82, 2.24) is 15.0 Å². The lowest BCUT2D eigenvalue weighted by atomic mass is 10.0. The van der Waals surface area contributed by atoms with Crippen molar-refractivity contribution in [2.24, 2.45) is 22.9 Å². The molecule has 0 aliphatic carbocycles. The number of benzene rings is 2. The zero-order valence-electron chi connectivity index (χ0n) is 24.1. The van der Waals surface area contributed by atoms with Crippen LogP contribution in [0.1, 0.15) is 28.8 Å². The summed E-state index contributed by atoms with van der Waals surface area (Å²) in [6, 6.07) is 8.46. The molecule has 11 N–H and O–H groups in total. The van der Waals surface area contributed by atoms with E-state index < -0.39 is 22.3 Å². The molecule has 2 saturated heterocycles. The van der Waals surface area contributed by atoms with Gasteiger partial charge in [0.2, 0.25) is 23.6 Å². The van der Waals surface area contributed by atoms with Crippen LogP contribution in [-0.2, 0) is 0 Å². The van der Waals surface area contributed by atoms with E-state index in [0.717, 1.165) is 6.07 Å². The largest absolute Gasteiger partial charge is 0.502 e. The fourth-order valence-corrected chi connectivity index (χ4v) is 5.44. The highest BCUT2D eigenvalue weighted by atomic mass is 35.5. The van der Waals surface area contributed by atoms with Crippen molar-refractivity contribution in [3.8, 4) is 5.75 Å². The van der Waals surface area contributed by atoms with E-state index in [1.807, 2.05) is 9.80 Å². The number of aryl methyl sites for hydroxylation is 1. The van der Waals surface area contributed by atoms with Gasteiger partial charge in [-0.25, -0.2) is 0 Å². The molecule has 1 amide bonds. The number of anilines is 5. The maximum Gasteiger partial charge on any atom is 0.311 e. The Labute approximate surface area is 259 Å². The average Bonchev–Trinajstić information content (AvgIpc) is 2.93. The van der Waals surface area contributed by atoms with Crippen LogP contribution in [0.15, 0.2) is 36.4 Å². The molecule has 3 heterocycles. The van der Waals surface area contributed by atoms with E-state index in [2.05, 4.69) is 20.6 Å². The first kappa shape index (κ1) is 32.6. The zero-order chi connectivity index (χ0) is 30.8. The van der Waals surface area contributed by atoms with E-state index in [9.17, 15) is 20.0 Å². The molecule has 5 rings (SSSR count). The number of nitrogens with zero attached hydrogens (tertiary/aromatic N) is 6. The van der Waals surface area contributed by atoms with Gasteiger partial charge in [-0.15, -0.1) is 12.4 Å². The number of halogens is 1. The number of hydrogen-bond acceptors (Lipinski definition) is 14. The van der Waals surface area contributed by atoms with Crippen LogP contribution in [0.4, 0.5) is 34.9 Å². The molecular weight excluding hydrogens is 592 g/mol. The van der Waals surface area contributed by atoms with Crippen molar-refractivity contribution in [3.05, 3.63) is 57.6 Å². The Morgan fingerprint density at radius 2 is 1.48 bits per heavy atom. The Bertz CT molecular complexity index is 1460. The number of phenolic OH excluding ortho intramolecular Hbond substituents is 1. The van der Waals surface area contributed by atoms with Gasteiger partial charge in [-0.3, -0.25) is 14.9 Å². The molecule has 0 unspecified atom stereocenters. The third kappa shape index (κ3) is 7.40. The van der Waals surface area contributed by atoms with Gasteiger partial charge < -0.3 is 48.5 Å². The molecule has 1 aromatic heterocycles. The number of nitrogens with one attached hydrogen (secondary N) is 2. The number of para-hydroxylation sites is 1. The lowest BCUT2D eigenvalue weighted by Gasteiger charge is -2.37. The van der Waals surface area contributed by atoms with Gasteiger partial charge in [0.25, 0.3) is 5.91 Å². The number of piperidine rings is 2. The molecule has 236 valence electrons. The number of phenols is 1. The predicted molar refractivity (Wildman–Crippen MR) is 170 cm³/mol. The van der Waals surface area contributed by atoms with Crippen molar-refractivity contribution in [2.75, 3.05) is 46.6 Å². The van der Waals surface area contributed by atoms with Gasteiger partial charge in [0.15, 0.2) is 0 Å². The van der Waals surface area contributed by atoms with Gasteiger partial charge in [-0.2, -0.15) is 15.0 Å². The van der Waals surface area contributed by atoms with Crippen LogP contribution < -0.4 is 43.4 Å². The first-order valence-corrected chi connectivity index (χ1v) is 13.9. The molecule has 0 bridgehead atoms. The molecule has 3 aromatic rings. The average molecular weight is 629 g/mol. The van der Waals surface area contributed by atoms with E-state index in [0.29, 0.717) is 67.9 Å². The van der Waals surface area contributed by atoms with Crippen molar-refractivity contribution >= 4 is 53.2 Å². The number of amides is 1. The summed E-state index contributed by atoms with van der Waals surface area (Å²) >= 11 is 0. The van der Waals surface area contributed by atoms with Crippen LogP contribution >= 0.6 is 12.4 Å². The number of rotatable bonds is 7. The Kier molecular flexibility index (Phi) is 10.0. The molecular formula is C27H37ClN12O4. The topological polar surface area (TPSA) is 254 Å². The van der Waals surface area contributed by atoms with Gasteiger partial charge in [0.05, 0.1) is 10.5 Å². The highest BCUT2D eigenvalue weighted by Crippen LogP contribution is 2.31. The molecule has 0 saturated carbocycles. The number of nitro groups is 1. The Hall–Kier alpha value is -4.35. The fraction of sp³-hybridized carbons (Fsp3) is 0.407. The molecule has 2 aliphatic heterocycles. The fourth-order valence-electron chi connectivity index (χ4n) is 5.44. The minimum absolute atomic E-state index is 0. The summed E-state index contributed by atoms with van der Waals surface area (Å²) < 4.78 is 0. The van der Waals surface area contributed by atoms with Crippen LogP contribution in [0.2, 0.25) is 0 Å². The van der Waals surface area contributed by atoms with Crippen molar-refractivity contribution in [1.29, 1.82) is 0 Å². The van der Waals surface area contributed by atoms with Crippen LogP contribution in [0.25, 0.3) is 0 Å². The predicted octanol–water partition coefficient (Wildman–Crippen LogP) is 0.941. The number of nitrogens with two attached hydrogens (primary N) is 4. The smallest absolute Gasteiger partial charge is 0.311 e. The molecule has 17 heteroatoms. The number of aromatic hydroxyl groups is 1. The third-order valence-electron chi connectivity index (χ3n) is 7.39. The van der Waals surface area contributed by atoms with E-state index in [1.165, 1.54) is 12.1 Å². The highest BCUT2D eigenvalue weighted by Gasteiger charge is 2.29. The van der Waals surface area contributed by atoms with Crippen molar-refractivity contribution < 1.29 is 14.8 Å². The summed E-state index contributed by atoms with van der Waals surface area (Å²) in [5.41, 5.74) is 25.9. The first-order valence-electron chi connectivity index (χ1n) is 13.9. The van der Waals surface area contributed by atoms with Gasteiger partial charge >= 0.3 is 5.69 Å². The SMILES string of the molecule is Cc1cc(Nc2nc(N3C[C@H](N)C[C@H](N)C3)nc(N3C[C@H](N)C[C@H](N)C3)n2)ccc1NC(=O)c1cccc([N+](=O)[O-])c1O.Cl. The standard InChI is InChI=1S/C27H36N12O4.ClH/c1-14-7-19(5-6-21(14)33-24(41)20-3-2-4-22(23(20)40)39(42)43)32-25-34-26(37-10-15(28)8-16(29)11-37)36-27(35-25)38-12-17(30)9-18(31)13-38;/h2-7,15-18,40H,8-13,28-31H2,1H3,(H,33,41)(H,32,34,35,36);1H/t15-,16+,17-,18+;. The van der Waals surface area contributed by atoms with Gasteiger partial charge in [0.1, 0.15) is 0 Å². The number of carbonyl (C=O) groups is 1. The summed E-state index contributed by atoms with van der Waals surface area (Å²) in [4.78, 5) is 41.2. The highest BCUT2D eigenvalue weighted by molar-refractivity contribution is 6.07. The number of hydrogen-bond donors (Lipinski definition) is 7. The monoisotopic (exact) mass is 628 g/mol. The lowest BCUT2D eigenvalue weighted by Crippen LogP contribution is -2.54. The van der Waals surface area contributed by atoms with E-state index >= 15 is 0 Å². The second kappa shape index (κ2) is 13.5. The maximum absolute atomic E-state index is 12.8. The molecule has 2 aliphatic rings. The zero-order valence-corrected chi connectivity index (χ0v) is 24.9. The summed E-state index contributed by atoms with van der Waals surface area (Å²) in [6.45, 7) is 3.96. The van der Waals surface area contributed by atoms with Gasteiger partial charge in [-0.05, 0) is 49.6 Å². The molecule has 2 aromatic carbocycles. The first-order chi connectivity index (χ1) is 20.5. The van der Waals surface area contributed by atoms with Crippen molar-refractivity contribution in [3.63, 3.8) is 0 Å². The minimum atomic E-state index is -0.752. The van der Waals surface area contributed by atoms with Gasteiger partial charge in [-0.1, -0.05) is 6.07 Å². The van der Waals surface area contributed by atoms with Crippen LogP contribution in [0.5, 0.6) is 5.75 Å². The quantitative estimate of drug-likeness (QED) is 0.142. The van der Waals surface area contributed by atoms with E-state index in [4.69, 9.17) is 27.9 Å². The van der Waals surface area contributed by atoms with Crippen LogP contribution in [-0.4, -0.2) is 81.2 Å². The minimum Gasteiger partial charge on any atom is -0.502 e. The van der Waals surface area contributed by atoms with Crippen LogP contribution in [0, 0.1) is 17.0 Å². The maximum atomic E-state index is 12.8. The molecule has 16 nitrogen and oxygen atoms in total. The molecule has 2 fully saturated rings. The summed E-state index contributed by atoms with van der Waals surface area (Å²) in [5.74, 6) is -0.231. The van der Waals surface area contributed by atoms with E-state index in [-0.39, 0.29) is 48.1 Å². The summed E-state index contributed by atoms with van der Waals surface area (Å²) in [6.07, 6.45) is 1.41. The number of aromatic nitrogens is 3. The summed E-state index contributed by atoms with van der Waals surface area (Å²) in [7, 11) is 0. The molecule has 0 radical (unpaired) electrons. The molecule has 44 heavy (non-hydrogen) atoms. The second-order valence-electron chi connectivity index (χ2n) is 11.1.